The van der Waals surface area contributed by atoms with Gasteiger partial charge in [0, 0.05) is 20.3 Å². The summed E-state index contributed by atoms with van der Waals surface area (Å²) in [6.07, 6.45) is 1.49. The maximum absolute atomic E-state index is 12.2. The number of halogens is 1. The minimum absolute atomic E-state index is 0.00965. The van der Waals surface area contributed by atoms with E-state index in [1.54, 1.807) is 7.11 Å². The minimum Gasteiger partial charge on any atom is -0.385 e. The fourth-order valence-electron chi connectivity index (χ4n) is 1.47. The number of amides is 2. The number of likely N-dealkylation sites (tertiary alicyclic amines) is 1. The number of methoxy groups -OCH3 is 1. The van der Waals surface area contributed by atoms with Crippen molar-refractivity contribution in [3.63, 3.8) is 0 Å². The van der Waals surface area contributed by atoms with Crippen molar-refractivity contribution in [1.82, 2.24) is 4.90 Å². The van der Waals surface area contributed by atoms with Gasteiger partial charge in [-0.3, -0.25) is 14.5 Å². The molecule has 1 atom stereocenters. The summed E-state index contributed by atoms with van der Waals surface area (Å²) in [5.41, 5.74) is 0. The van der Waals surface area contributed by atoms with E-state index in [1.165, 1.54) is 0 Å². The number of hydrogen-bond donors (Lipinski definition) is 0. The second-order valence-electron chi connectivity index (χ2n) is 3.37. The first kappa shape index (κ1) is 12.4. The summed E-state index contributed by atoms with van der Waals surface area (Å²) < 4.78 is 17.1. The van der Waals surface area contributed by atoms with Crippen molar-refractivity contribution in [2.24, 2.45) is 0 Å². The normalized spacial score (nSPS) is 21.5. The molecule has 1 fully saturated rings. The van der Waals surface area contributed by atoms with Gasteiger partial charge in [0.15, 0.2) is 0 Å². The molecular formula is C9H14FNO3S. The second kappa shape index (κ2) is 6.07. The van der Waals surface area contributed by atoms with Gasteiger partial charge in [0.05, 0.1) is 18.6 Å². The van der Waals surface area contributed by atoms with Crippen LogP contribution in [0.3, 0.4) is 0 Å². The number of hydrogen-bond acceptors (Lipinski definition) is 4. The van der Waals surface area contributed by atoms with Crippen molar-refractivity contribution >= 4 is 24.0 Å². The van der Waals surface area contributed by atoms with Crippen LogP contribution in [0, 0.1) is 0 Å². The Labute approximate surface area is 92.4 Å². The van der Waals surface area contributed by atoms with Crippen molar-refractivity contribution in [2.75, 3.05) is 20.3 Å². The van der Waals surface area contributed by atoms with Crippen molar-refractivity contribution in [1.29, 1.82) is 0 Å². The molecule has 0 aromatic heterocycles. The first-order valence-electron chi connectivity index (χ1n) is 4.81. The van der Waals surface area contributed by atoms with E-state index in [0.29, 0.717) is 19.6 Å². The molecule has 15 heavy (non-hydrogen) atoms. The van der Waals surface area contributed by atoms with E-state index in [1.807, 2.05) is 0 Å². The van der Waals surface area contributed by atoms with Gasteiger partial charge in [-0.2, -0.15) is 3.89 Å². The predicted molar refractivity (Wildman–Crippen MR) is 54.9 cm³/mol. The molecule has 0 aromatic rings. The van der Waals surface area contributed by atoms with Crippen LogP contribution >= 0.6 is 12.1 Å². The van der Waals surface area contributed by atoms with Gasteiger partial charge in [-0.05, 0) is 12.8 Å². The van der Waals surface area contributed by atoms with E-state index in [0.717, 1.165) is 11.3 Å². The number of rotatable bonds is 6. The molecule has 0 saturated carbocycles. The first-order chi connectivity index (χ1) is 7.20. The summed E-state index contributed by atoms with van der Waals surface area (Å²) in [5.74, 6) is -0.669. The Balaban J connectivity index is 2.34. The smallest absolute Gasteiger partial charge is 0.245 e. The Morgan fingerprint density at radius 2 is 2.27 bits per heavy atom. The van der Waals surface area contributed by atoms with E-state index >= 15 is 0 Å². The molecule has 0 aliphatic carbocycles. The van der Waals surface area contributed by atoms with Crippen molar-refractivity contribution in [3.05, 3.63) is 0 Å². The molecule has 0 aromatic carbocycles. The Hall–Kier alpha value is -0.620. The molecule has 0 bridgehead atoms. The fraction of sp³-hybridized carbons (Fsp3) is 0.778. The van der Waals surface area contributed by atoms with Crippen LogP contribution < -0.4 is 0 Å². The van der Waals surface area contributed by atoms with Crippen LogP contribution in [0.25, 0.3) is 0 Å². The molecule has 2 amide bonds. The Morgan fingerprint density at radius 3 is 2.80 bits per heavy atom. The van der Waals surface area contributed by atoms with Gasteiger partial charge in [0.25, 0.3) is 0 Å². The van der Waals surface area contributed by atoms with E-state index in [2.05, 4.69) is 0 Å². The predicted octanol–water partition coefficient (Wildman–Crippen LogP) is 1.16. The largest absolute Gasteiger partial charge is 0.385 e. The van der Waals surface area contributed by atoms with Crippen LogP contribution in [0.5, 0.6) is 0 Å². The van der Waals surface area contributed by atoms with Crippen molar-refractivity contribution in [2.45, 2.75) is 24.5 Å². The molecule has 6 heteroatoms. The highest BCUT2D eigenvalue weighted by Gasteiger charge is 2.38. The number of imide groups is 1. The highest BCUT2D eigenvalue weighted by atomic mass is 32.2. The number of carbonyl (C=O) groups excluding carboxylic acids is 2. The molecule has 1 unspecified atom stereocenters. The van der Waals surface area contributed by atoms with Crippen LogP contribution in [-0.2, 0) is 14.3 Å². The summed E-state index contributed by atoms with van der Waals surface area (Å²) in [7, 11) is 1.60. The third-order valence-corrected chi connectivity index (χ3v) is 2.87. The standard InChI is InChI=1S/C9H14FNO3S/c1-14-5-3-2-4-11-8(12)6-7(15-10)9(11)13/h7H,2-6H2,1H3. The number of ether oxygens (including phenoxy) is 1. The molecule has 1 rings (SSSR count). The molecule has 86 valence electrons. The van der Waals surface area contributed by atoms with E-state index in [9.17, 15) is 13.5 Å². The van der Waals surface area contributed by atoms with Gasteiger partial charge in [0.1, 0.15) is 5.25 Å². The molecule has 1 aliphatic heterocycles. The third kappa shape index (κ3) is 3.17. The fourth-order valence-corrected chi connectivity index (χ4v) is 1.88. The lowest BCUT2D eigenvalue weighted by Crippen LogP contribution is -2.32. The van der Waals surface area contributed by atoms with E-state index in [4.69, 9.17) is 4.74 Å². The topological polar surface area (TPSA) is 46.6 Å². The average Bonchev–Trinajstić information content (AvgIpc) is 2.50. The maximum Gasteiger partial charge on any atom is 0.245 e. The zero-order valence-corrected chi connectivity index (χ0v) is 9.39. The summed E-state index contributed by atoms with van der Waals surface area (Å²) >= 11 is -0.0450. The zero-order chi connectivity index (χ0) is 11.3. The summed E-state index contributed by atoms with van der Waals surface area (Å²) in [6.45, 7) is 0.982. The lowest BCUT2D eigenvalue weighted by Gasteiger charge is -2.13. The average molecular weight is 235 g/mol. The molecular weight excluding hydrogens is 221 g/mol. The van der Waals surface area contributed by atoms with Gasteiger partial charge in [-0.25, -0.2) is 0 Å². The molecule has 0 N–H and O–H groups in total. The highest BCUT2D eigenvalue weighted by molar-refractivity contribution is 7.95. The van der Waals surface area contributed by atoms with Crippen LogP contribution in [0.4, 0.5) is 3.89 Å². The molecule has 1 aliphatic rings. The van der Waals surface area contributed by atoms with Crippen LogP contribution in [0.1, 0.15) is 19.3 Å². The number of carbonyl (C=O) groups is 2. The Kier molecular flexibility index (Phi) is 5.04. The van der Waals surface area contributed by atoms with Gasteiger partial charge in [0.2, 0.25) is 11.8 Å². The lowest BCUT2D eigenvalue weighted by atomic mass is 10.3. The second-order valence-corrected chi connectivity index (χ2v) is 4.11. The van der Waals surface area contributed by atoms with Gasteiger partial charge in [-0.1, -0.05) is 0 Å². The molecule has 1 heterocycles. The maximum atomic E-state index is 12.2. The quantitative estimate of drug-likeness (QED) is 0.512. The Morgan fingerprint density at radius 1 is 1.53 bits per heavy atom. The van der Waals surface area contributed by atoms with Crippen LogP contribution in [-0.4, -0.2) is 42.2 Å². The first-order valence-corrected chi connectivity index (χ1v) is 5.59. The summed E-state index contributed by atoms with van der Waals surface area (Å²) in [5, 5.41) is -0.820. The van der Waals surface area contributed by atoms with Crippen molar-refractivity contribution < 1.29 is 18.2 Å². The summed E-state index contributed by atoms with van der Waals surface area (Å²) in [4.78, 5) is 23.9. The zero-order valence-electron chi connectivity index (χ0n) is 8.57. The number of unbranched alkanes of at least 4 members (excludes halogenated alkanes) is 1. The molecule has 0 radical (unpaired) electrons. The van der Waals surface area contributed by atoms with Crippen LogP contribution in [0.2, 0.25) is 0 Å². The summed E-state index contributed by atoms with van der Waals surface area (Å²) in [6, 6.07) is 0. The molecule has 4 nitrogen and oxygen atoms in total. The van der Waals surface area contributed by atoms with Gasteiger partial charge >= 0.3 is 0 Å². The third-order valence-electron chi connectivity index (χ3n) is 2.29. The van der Waals surface area contributed by atoms with Crippen molar-refractivity contribution in [3.8, 4) is 0 Å². The van der Waals surface area contributed by atoms with Crippen LogP contribution in [0.15, 0.2) is 0 Å². The lowest BCUT2D eigenvalue weighted by molar-refractivity contribution is -0.138. The van der Waals surface area contributed by atoms with E-state index < -0.39 is 11.2 Å². The highest BCUT2D eigenvalue weighted by Crippen LogP contribution is 2.25. The molecule has 1 saturated heterocycles. The Bertz CT molecular complexity index is 250. The SMILES string of the molecule is COCCCCN1C(=O)CC(SF)C1=O. The molecule has 0 spiro atoms. The van der Waals surface area contributed by atoms with Gasteiger partial charge < -0.3 is 4.74 Å². The number of nitrogens with zero attached hydrogens (tertiary/aromatic N) is 1. The van der Waals surface area contributed by atoms with Gasteiger partial charge in [-0.15, -0.1) is 0 Å². The minimum atomic E-state index is -0.820. The van der Waals surface area contributed by atoms with E-state index in [-0.39, 0.29) is 24.5 Å². The monoisotopic (exact) mass is 235 g/mol.